The van der Waals surface area contributed by atoms with Gasteiger partial charge < -0.3 is 45.1 Å². The molecule has 0 aromatic rings. The van der Waals surface area contributed by atoms with Gasteiger partial charge in [-0.1, -0.05) is 243 Å². The molecular formula is C62H115NO10. The maximum absolute atomic E-state index is 13.0. The molecule has 1 fully saturated rings. The Balaban J connectivity index is 1.99. The van der Waals surface area contributed by atoms with Gasteiger partial charge in [0.05, 0.1) is 32.0 Å². The van der Waals surface area contributed by atoms with Gasteiger partial charge in [-0.25, -0.2) is 0 Å². The van der Waals surface area contributed by atoms with E-state index in [2.05, 4.69) is 43.5 Å². The van der Waals surface area contributed by atoms with Crippen molar-refractivity contribution in [1.82, 2.24) is 5.32 Å². The van der Waals surface area contributed by atoms with E-state index in [1.807, 2.05) is 6.08 Å². The lowest BCUT2D eigenvalue weighted by atomic mass is 9.99. The van der Waals surface area contributed by atoms with Crippen molar-refractivity contribution in [3.63, 3.8) is 0 Å². The quantitative estimate of drug-likeness (QED) is 0.0195. The van der Waals surface area contributed by atoms with Crippen molar-refractivity contribution < 1.29 is 49.3 Å². The molecule has 0 aliphatic carbocycles. The summed E-state index contributed by atoms with van der Waals surface area (Å²) in [6, 6.07) is -0.812. The van der Waals surface area contributed by atoms with Crippen LogP contribution in [0.1, 0.15) is 284 Å². The van der Waals surface area contributed by atoms with E-state index >= 15 is 0 Å². The Hall–Kier alpha value is -2.12. The molecule has 1 amide bonds. The van der Waals surface area contributed by atoms with E-state index in [9.17, 15) is 35.1 Å². The normalized spacial score (nSPS) is 19.1. The van der Waals surface area contributed by atoms with Gasteiger partial charge in [-0.05, 0) is 64.2 Å². The van der Waals surface area contributed by atoms with E-state index in [1.54, 1.807) is 6.08 Å². The first-order chi connectivity index (χ1) is 35.7. The minimum atomic E-state index is -1.57. The van der Waals surface area contributed by atoms with Gasteiger partial charge in [0, 0.05) is 12.8 Å². The number of aliphatic hydroxyl groups excluding tert-OH is 5. The van der Waals surface area contributed by atoms with Crippen LogP contribution in [0.3, 0.4) is 0 Å². The molecule has 428 valence electrons. The number of esters is 1. The predicted molar refractivity (Wildman–Crippen MR) is 301 cm³/mol. The molecule has 7 unspecified atom stereocenters. The number of aliphatic hydroxyl groups is 5. The lowest BCUT2D eigenvalue weighted by molar-refractivity contribution is -0.302. The van der Waals surface area contributed by atoms with E-state index in [0.29, 0.717) is 19.4 Å². The van der Waals surface area contributed by atoms with Crippen LogP contribution in [-0.4, -0.2) is 100 Å². The fourth-order valence-electron chi connectivity index (χ4n) is 9.58. The number of hydrogen-bond donors (Lipinski definition) is 6. The number of amides is 1. The highest BCUT2D eigenvalue weighted by molar-refractivity contribution is 5.76. The van der Waals surface area contributed by atoms with Crippen molar-refractivity contribution in [3.8, 4) is 0 Å². The molecule has 7 atom stereocenters. The van der Waals surface area contributed by atoms with Gasteiger partial charge in [-0.15, -0.1) is 0 Å². The van der Waals surface area contributed by atoms with Crippen LogP contribution in [0.4, 0.5) is 0 Å². The topological polar surface area (TPSA) is 175 Å². The highest BCUT2D eigenvalue weighted by Crippen LogP contribution is 2.23. The van der Waals surface area contributed by atoms with Crippen molar-refractivity contribution in [1.29, 1.82) is 0 Å². The highest BCUT2D eigenvalue weighted by atomic mass is 16.7. The molecule has 0 aromatic carbocycles. The summed E-state index contributed by atoms with van der Waals surface area (Å²) >= 11 is 0. The third kappa shape index (κ3) is 41.7. The molecule has 0 radical (unpaired) electrons. The molecule has 0 bridgehead atoms. The summed E-state index contributed by atoms with van der Waals surface area (Å²) in [6.45, 7) is 4.29. The minimum Gasteiger partial charge on any atom is -0.466 e. The number of unbranched alkanes of at least 4 members (excludes halogenated alkanes) is 35. The first kappa shape index (κ1) is 68.9. The molecule has 73 heavy (non-hydrogen) atoms. The van der Waals surface area contributed by atoms with Crippen LogP contribution in [0, 0.1) is 0 Å². The van der Waals surface area contributed by atoms with E-state index in [-0.39, 0.29) is 18.5 Å². The predicted octanol–water partition coefficient (Wildman–Crippen LogP) is 14.3. The molecule has 0 spiro atoms. The summed E-state index contributed by atoms with van der Waals surface area (Å²) in [4.78, 5) is 25.1. The Morgan fingerprint density at radius 2 is 0.918 bits per heavy atom. The van der Waals surface area contributed by atoms with Crippen molar-refractivity contribution in [2.24, 2.45) is 0 Å². The van der Waals surface area contributed by atoms with Crippen molar-refractivity contribution in [2.45, 2.75) is 326 Å². The molecule has 1 saturated heterocycles. The van der Waals surface area contributed by atoms with Crippen LogP contribution in [-0.2, 0) is 23.8 Å². The zero-order valence-electron chi connectivity index (χ0n) is 47.1. The average molecular weight is 1030 g/mol. The Morgan fingerprint density at radius 3 is 1.40 bits per heavy atom. The average Bonchev–Trinajstić information content (AvgIpc) is 3.39. The van der Waals surface area contributed by atoms with Crippen LogP contribution in [0.15, 0.2) is 36.5 Å². The first-order valence-corrected chi connectivity index (χ1v) is 30.8. The van der Waals surface area contributed by atoms with Crippen LogP contribution < -0.4 is 5.32 Å². The largest absolute Gasteiger partial charge is 0.466 e. The van der Waals surface area contributed by atoms with Crippen LogP contribution >= 0.6 is 0 Å². The number of nitrogens with one attached hydrogen (secondary N) is 1. The number of carbonyl (C=O) groups is 2. The lowest BCUT2D eigenvalue weighted by Crippen LogP contribution is -2.60. The Labute approximate surface area is 447 Å². The molecule has 1 aliphatic rings. The van der Waals surface area contributed by atoms with E-state index in [0.717, 1.165) is 70.6 Å². The zero-order valence-corrected chi connectivity index (χ0v) is 47.1. The summed E-state index contributed by atoms with van der Waals surface area (Å²) < 4.78 is 16.7. The summed E-state index contributed by atoms with van der Waals surface area (Å²) in [5.41, 5.74) is 0. The Morgan fingerprint density at radius 1 is 0.507 bits per heavy atom. The second-order valence-corrected chi connectivity index (χ2v) is 21.4. The number of rotatable bonds is 53. The molecule has 1 rings (SSSR count). The minimum absolute atomic E-state index is 0.0160. The maximum Gasteiger partial charge on any atom is 0.305 e. The lowest BCUT2D eigenvalue weighted by Gasteiger charge is -2.40. The number of carbonyl (C=O) groups excluding carboxylic acids is 2. The van der Waals surface area contributed by atoms with Crippen molar-refractivity contribution in [2.75, 3.05) is 19.8 Å². The third-order valence-corrected chi connectivity index (χ3v) is 14.5. The molecule has 6 N–H and O–H groups in total. The second-order valence-electron chi connectivity index (χ2n) is 21.4. The molecular weight excluding hydrogens is 919 g/mol. The highest BCUT2D eigenvalue weighted by Gasteiger charge is 2.44. The van der Waals surface area contributed by atoms with Crippen LogP contribution in [0.25, 0.3) is 0 Å². The number of allylic oxidation sites excluding steroid dienone is 5. The fourth-order valence-corrected chi connectivity index (χ4v) is 9.58. The summed E-state index contributed by atoms with van der Waals surface area (Å²) in [5.74, 6) is -0.204. The maximum atomic E-state index is 13.0. The van der Waals surface area contributed by atoms with Crippen molar-refractivity contribution >= 4 is 11.9 Å². The van der Waals surface area contributed by atoms with Gasteiger partial charge in [0.15, 0.2) is 6.29 Å². The summed E-state index contributed by atoms with van der Waals surface area (Å²) in [5, 5.41) is 54.2. The van der Waals surface area contributed by atoms with E-state index in [1.165, 1.54) is 186 Å². The monoisotopic (exact) mass is 1030 g/mol. The molecule has 0 aromatic heterocycles. The smallest absolute Gasteiger partial charge is 0.305 e. The van der Waals surface area contributed by atoms with Crippen LogP contribution in [0.5, 0.6) is 0 Å². The van der Waals surface area contributed by atoms with E-state index < -0.39 is 49.5 Å². The van der Waals surface area contributed by atoms with Crippen LogP contribution in [0.2, 0.25) is 0 Å². The van der Waals surface area contributed by atoms with Crippen molar-refractivity contribution in [3.05, 3.63) is 36.5 Å². The zero-order chi connectivity index (χ0) is 53.1. The first-order valence-electron chi connectivity index (χ1n) is 30.8. The number of ether oxygens (including phenoxy) is 3. The van der Waals surface area contributed by atoms with E-state index in [4.69, 9.17) is 14.2 Å². The third-order valence-electron chi connectivity index (χ3n) is 14.5. The Kier molecular flexibility index (Phi) is 49.0. The molecule has 11 heteroatoms. The number of hydrogen-bond acceptors (Lipinski definition) is 10. The molecule has 1 heterocycles. The van der Waals surface area contributed by atoms with Gasteiger partial charge in [0.25, 0.3) is 0 Å². The van der Waals surface area contributed by atoms with Gasteiger partial charge in [0.2, 0.25) is 5.91 Å². The molecule has 0 saturated carbocycles. The molecule has 1 aliphatic heterocycles. The SMILES string of the molecule is CCCCCC/C=C\C/C=C\CCCCCCCCCC(=O)OCCCCCCCCCCCCCCCCCCCCC(=O)NC(COC1OC(CO)C(O)C(O)C1O)C(O)/C=C/CCCCCCCCC. The Bertz CT molecular complexity index is 1310. The van der Waals surface area contributed by atoms with Gasteiger partial charge in [-0.3, -0.25) is 9.59 Å². The van der Waals surface area contributed by atoms with Gasteiger partial charge in [-0.2, -0.15) is 0 Å². The molecule has 11 nitrogen and oxygen atoms in total. The second kappa shape index (κ2) is 52.0. The summed E-state index contributed by atoms with van der Waals surface area (Å²) in [6.07, 6.45) is 53.9. The van der Waals surface area contributed by atoms with Gasteiger partial charge >= 0.3 is 5.97 Å². The van der Waals surface area contributed by atoms with Gasteiger partial charge in [0.1, 0.15) is 24.4 Å². The summed E-state index contributed by atoms with van der Waals surface area (Å²) in [7, 11) is 0. The standard InChI is InChI=1S/C62H115NO10/c1-3-5-7-9-11-13-14-15-16-17-21-24-27-30-34-38-42-46-50-58(67)71-51-47-43-39-35-31-28-25-22-19-18-20-23-26-29-33-37-41-45-49-57(66)63-54(55(65)48-44-40-36-32-12-10-8-6-4-2)53-72-62-61(70)60(69)59(68)56(52-64)73-62/h13-14,16-17,44,48,54-56,59-62,64-65,68-70H,3-12,15,18-43,45-47,49-53H2,1-2H3,(H,63,66)/b14-13-,17-16-,48-44+. The fraction of sp³-hybridized carbons (Fsp3) is 0.871.